The summed E-state index contributed by atoms with van der Waals surface area (Å²) in [6.45, 7) is 5.71. The molecule has 0 aliphatic carbocycles. The monoisotopic (exact) mass is 235 g/mol. The van der Waals surface area contributed by atoms with Crippen LogP contribution in [0.15, 0.2) is 11.4 Å². The van der Waals surface area contributed by atoms with Crippen LogP contribution >= 0.6 is 11.3 Å². The number of thiazole rings is 1. The van der Waals surface area contributed by atoms with E-state index < -0.39 is 0 Å². The van der Waals surface area contributed by atoms with Crippen molar-refractivity contribution in [3.8, 4) is 0 Å². The van der Waals surface area contributed by atoms with E-state index in [2.05, 4.69) is 15.3 Å². The van der Waals surface area contributed by atoms with Gasteiger partial charge in [0.25, 0.3) is 5.91 Å². The molecule has 2 N–H and O–H groups in total. The Balaban J connectivity index is 2.17. The van der Waals surface area contributed by atoms with E-state index in [1.54, 1.807) is 0 Å². The minimum Gasteiger partial charge on any atom is -0.362 e. The van der Waals surface area contributed by atoms with E-state index >= 15 is 0 Å². The molecule has 1 amide bonds. The maximum Gasteiger partial charge on any atom is 0.259 e. The molecule has 0 radical (unpaired) electrons. The Bertz CT molecular complexity index is 527. The van der Waals surface area contributed by atoms with Gasteiger partial charge in [-0.05, 0) is 26.8 Å². The Morgan fingerprint density at radius 2 is 2.19 bits per heavy atom. The molecule has 0 aliphatic heterocycles. The number of anilines is 1. The number of carbonyl (C=O) groups excluding carboxylic acids is 1. The first-order valence-electron chi connectivity index (χ1n) is 4.96. The Hall–Kier alpha value is -1.62. The molecule has 2 heterocycles. The van der Waals surface area contributed by atoms with Gasteiger partial charge in [0.2, 0.25) is 0 Å². The van der Waals surface area contributed by atoms with Crippen LogP contribution in [0, 0.1) is 20.8 Å². The molecule has 4 nitrogen and oxygen atoms in total. The van der Waals surface area contributed by atoms with Gasteiger partial charge >= 0.3 is 0 Å². The fourth-order valence-corrected chi connectivity index (χ4v) is 2.22. The van der Waals surface area contributed by atoms with Gasteiger partial charge in [0, 0.05) is 16.8 Å². The fraction of sp³-hybridized carbons (Fsp3) is 0.273. The molecular weight excluding hydrogens is 222 g/mol. The lowest BCUT2D eigenvalue weighted by molar-refractivity contribution is 0.102. The number of amides is 1. The van der Waals surface area contributed by atoms with Gasteiger partial charge in [-0.2, -0.15) is 0 Å². The molecule has 0 atom stereocenters. The quantitative estimate of drug-likeness (QED) is 0.840. The number of hydrogen-bond acceptors (Lipinski definition) is 3. The SMILES string of the molecule is Cc1csc(NC(=O)c2cc(C)[nH]c2C)n1. The second-order valence-corrected chi connectivity index (χ2v) is 4.60. The molecule has 2 rings (SSSR count). The molecule has 0 unspecified atom stereocenters. The Labute approximate surface area is 97.7 Å². The summed E-state index contributed by atoms with van der Waals surface area (Å²) in [5.74, 6) is -0.115. The maximum absolute atomic E-state index is 11.9. The average molecular weight is 235 g/mol. The summed E-state index contributed by atoms with van der Waals surface area (Å²) in [4.78, 5) is 19.2. The van der Waals surface area contributed by atoms with E-state index in [4.69, 9.17) is 0 Å². The van der Waals surface area contributed by atoms with Gasteiger partial charge in [0.15, 0.2) is 5.13 Å². The molecule has 5 heteroatoms. The van der Waals surface area contributed by atoms with Gasteiger partial charge < -0.3 is 4.98 Å². The van der Waals surface area contributed by atoms with Crippen molar-refractivity contribution in [2.45, 2.75) is 20.8 Å². The van der Waals surface area contributed by atoms with Crippen molar-refractivity contribution in [2.24, 2.45) is 0 Å². The summed E-state index contributed by atoms with van der Waals surface area (Å²) in [5, 5.41) is 5.33. The van der Waals surface area contributed by atoms with Gasteiger partial charge in [-0.1, -0.05) is 0 Å². The number of rotatable bonds is 2. The number of hydrogen-bond donors (Lipinski definition) is 2. The summed E-state index contributed by atoms with van der Waals surface area (Å²) in [7, 11) is 0. The van der Waals surface area contributed by atoms with Gasteiger partial charge in [-0.3, -0.25) is 10.1 Å². The molecule has 0 saturated carbocycles. The average Bonchev–Trinajstić information content (AvgIpc) is 2.73. The second kappa shape index (κ2) is 4.09. The van der Waals surface area contributed by atoms with Crippen LogP contribution in [0.3, 0.4) is 0 Å². The molecule has 0 aromatic carbocycles. The first-order valence-corrected chi connectivity index (χ1v) is 5.84. The minimum absolute atomic E-state index is 0.115. The molecule has 16 heavy (non-hydrogen) atoms. The summed E-state index contributed by atoms with van der Waals surface area (Å²) < 4.78 is 0. The zero-order valence-electron chi connectivity index (χ0n) is 9.42. The Morgan fingerprint density at radius 1 is 1.44 bits per heavy atom. The van der Waals surface area contributed by atoms with Gasteiger partial charge in [-0.15, -0.1) is 11.3 Å². The van der Waals surface area contributed by atoms with E-state index in [0.29, 0.717) is 10.7 Å². The van der Waals surface area contributed by atoms with Crippen LogP contribution in [-0.4, -0.2) is 15.9 Å². The second-order valence-electron chi connectivity index (χ2n) is 3.74. The van der Waals surface area contributed by atoms with E-state index in [1.807, 2.05) is 32.2 Å². The zero-order valence-corrected chi connectivity index (χ0v) is 10.2. The first-order chi connectivity index (χ1) is 7.56. The molecule has 0 bridgehead atoms. The molecule has 2 aromatic heterocycles. The third-order valence-electron chi connectivity index (χ3n) is 2.23. The number of aryl methyl sites for hydroxylation is 3. The lowest BCUT2D eigenvalue weighted by Gasteiger charge is -1.99. The molecular formula is C11H13N3OS. The third kappa shape index (κ3) is 2.14. The summed E-state index contributed by atoms with van der Waals surface area (Å²) in [6, 6.07) is 1.84. The zero-order chi connectivity index (χ0) is 11.7. The number of carbonyl (C=O) groups is 1. The van der Waals surface area contributed by atoms with Crippen molar-refractivity contribution in [1.82, 2.24) is 9.97 Å². The van der Waals surface area contributed by atoms with Crippen LogP contribution in [0.1, 0.15) is 27.4 Å². The number of nitrogens with one attached hydrogen (secondary N) is 2. The van der Waals surface area contributed by atoms with E-state index in [-0.39, 0.29) is 5.91 Å². The Morgan fingerprint density at radius 3 is 2.69 bits per heavy atom. The van der Waals surface area contributed by atoms with Crippen molar-refractivity contribution in [1.29, 1.82) is 0 Å². The minimum atomic E-state index is -0.115. The largest absolute Gasteiger partial charge is 0.362 e. The summed E-state index contributed by atoms with van der Waals surface area (Å²) in [6.07, 6.45) is 0. The van der Waals surface area contributed by atoms with Crippen LogP contribution in [0.5, 0.6) is 0 Å². The van der Waals surface area contributed by atoms with Crippen LogP contribution in [-0.2, 0) is 0 Å². The predicted octanol–water partition coefficient (Wildman–Crippen LogP) is 2.65. The van der Waals surface area contributed by atoms with Crippen molar-refractivity contribution in [3.05, 3.63) is 34.1 Å². The van der Waals surface area contributed by atoms with Crippen LogP contribution in [0.2, 0.25) is 0 Å². The highest BCUT2D eigenvalue weighted by atomic mass is 32.1. The van der Waals surface area contributed by atoms with Crippen molar-refractivity contribution in [3.63, 3.8) is 0 Å². The smallest absolute Gasteiger partial charge is 0.259 e. The first kappa shape index (κ1) is 10.9. The summed E-state index contributed by atoms with van der Waals surface area (Å²) >= 11 is 1.43. The fourth-order valence-electron chi connectivity index (χ4n) is 1.54. The Kier molecular flexibility index (Phi) is 2.78. The van der Waals surface area contributed by atoms with Crippen molar-refractivity contribution >= 4 is 22.4 Å². The number of aromatic amines is 1. The topological polar surface area (TPSA) is 57.8 Å². The number of aromatic nitrogens is 2. The standard InChI is InChI=1S/C11H13N3OS/c1-6-4-9(8(3)12-6)10(15)14-11-13-7(2)5-16-11/h4-5,12H,1-3H3,(H,13,14,15). The maximum atomic E-state index is 11.9. The lowest BCUT2D eigenvalue weighted by Crippen LogP contribution is -2.12. The molecule has 84 valence electrons. The van der Waals surface area contributed by atoms with Crippen LogP contribution in [0.25, 0.3) is 0 Å². The predicted molar refractivity (Wildman–Crippen MR) is 65.1 cm³/mol. The molecule has 2 aromatic rings. The van der Waals surface area contributed by atoms with Crippen LogP contribution < -0.4 is 5.32 Å². The molecule has 0 aliphatic rings. The van der Waals surface area contributed by atoms with E-state index in [1.165, 1.54) is 11.3 Å². The van der Waals surface area contributed by atoms with Gasteiger partial charge in [-0.25, -0.2) is 4.98 Å². The molecule has 0 saturated heterocycles. The number of nitrogens with zero attached hydrogens (tertiary/aromatic N) is 1. The number of H-pyrrole nitrogens is 1. The lowest BCUT2D eigenvalue weighted by atomic mass is 10.2. The highest BCUT2D eigenvalue weighted by Gasteiger charge is 2.12. The van der Waals surface area contributed by atoms with Crippen molar-refractivity contribution in [2.75, 3.05) is 5.32 Å². The molecule has 0 fully saturated rings. The van der Waals surface area contributed by atoms with E-state index in [9.17, 15) is 4.79 Å². The van der Waals surface area contributed by atoms with Crippen molar-refractivity contribution < 1.29 is 4.79 Å². The summed E-state index contributed by atoms with van der Waals surface area (Å²) in [5.41, 5.74) is 3.45. The highest BCUT2D eigenvalue weighted by molar-refractivity contribution is 7.13. The normalized spacial score (nSPS) is 10.4. The van der Waals surface area contributed by atoms with E-state index in [0.717, 1.165) is 17.1 Å². The van der Waals surface area contributed by atoms with Crippen LogP contribution in [0.4, 0.5) is 5.13 Å². The van der Waals surface area contributed by atoms with Gasteiger partial charge in [0.05, 0.1) is 11.3 Å². The van der Waals surface area contributed by atoms with Gasteiger partial charge in [0.1, 0.15) is 0 Å². The highest BCUT2D eigenvalue weighted by Crippen LogP contribution is 2.17. The third-order valence-corrected chi connectivity index (χ3v) is 3.11. The molecule has 0 spiro atoms.